The molecule has 22 heavy (non-hydrogen) atoms. The van der Waals surface area contributed by atoms with E-state index >= 15 is 0 Å². The van der Waals surface area contributed by atoms with E-state index in [2.05, 4.69) is 10.3 Å². The molecule has 0 aliphatic rings. The van der Waals surface area contributed by atoms with Gasteiger partial charge in [0.05, 0.1) is 17.5 Å². The number of aromatic amines is 1. The summed E-state index contributed by atoms with van der Waals surface area (Å²) in [5.74, 6) is -0.208. The molecule has 1 aromatic carbocycles. The minimum Gasteiger partial charge on any atom is -0.380 e. The number of ether oxygens (including phenoxy) is 1. The number of carbonyl (C=O) groups is 1. The van der Waals surface area contributed by atoms with Gasteiger partial charge >= 0.3 is 0 Å². The van der Waals surface area contributed by atoms with Crippen molar-refractivity contribution in [1.82, 2.24) is 14.9 Å². The maximum atomic E-state index is 12.3. The minimum absolute atomic E-state index is 0.149. The number of nitrogens with zero attached hydrogens (tertiary/aromatic N) is 1. The second-order valence-corrected chi connectivity index (χ2v) is 5.08. The van der Waals surface area contributed by atoms with Gasteiger partial charge in [-0.3, -0.25) is 14.2 Å². The molecule has 1 amide bonds. The van der Waals surface area contributed by atoms with E-state index in [0.29, 0.717) is 47.5 Å². The summed E-state index contributed by atoms with van der Waals surface area (Å²) >= 11 is 5.16. The smallest absolute Gasteiger partial charge is 0.262 e. The van der Waals surface area contributed by atoms with Crippen LogP contribution < -0.4 is 10.9 Å². The molecule has 0 saturated heterocycles. The Labute approximate surface area is 133 Å². The van der Waals surface area contributed by atoms with E-state index < -0.39 is 0 Å². The predicted molar refractivity (Wildman–Crippen MR) is 87.9 cm³/mol. The lowest BCUT2D eigenvalue weighted by molar-refractivity contribution is 0.0922. The van der Waals surface area contributed by atoms with Crippen molar-refractivity contribution in [2.75, 3.05) is 19.8 Å². The number of carbonyl (C=O) groups excluding carboxylic acids is 1. The molecule has 1 aromatic heterocycles. The van der Waals surface area contributed by atoms with E-state index in [9.17, 15) is 9.59 Å². The SMILES string of the molecule is CCOCCNC(=O)c1ccc2c(=O)n(CC)c(=S)[nH]c2c1. The molecule has 0 radical (unpaired) electrons. The number of hydrogen-bond donors (Lipinski definition) is 2. The zero-order valence-electron chi connectivity index (χ0n) is 12.6. The van der Waals surface area contributed by atoms with Crippen LogP contribution in [0.15, 0.2) is 23.0 Å². The third-order valence-corrected chi connectivity index (χ3v) is 3.62. The molecular formula is C15H19N3O3S. The van der Waals surface area contributed by atoms with E-state index in [0.717, 1.165) is 0 Å². The predicted octanol–water partition coefficient (Wildman–Crippen LogP) is 1.85. The first-order chi connectivity index (χ1) is 10.6. The highest BCUT2D eigenvalue weighted by atomic mass is 32.1. The Balaban J connectivity index is 2.29. The Hall–Kier alpha value is -1.99. The van der Waals surface area contributed by atoms with Gasteiger partial charge in [0.15, 0.2) is 4.77 Å². The number of fused-ring (bicyclic) bond motifs is 1. The summed E-state index contributed by atoms with van der Waals surface area (Å²) < 4.78 is 7.01. The lowest BCUT2D eigenvalue weighted by atomic mass is 10.1. The van der Waals surface area contributed by atoms with Crippen molar-refractivity contribution in [2.24, 2.45) is 0 Å². The summed E-state index contributed by atoms with van der Waals surface area (Å²) in [6.45, 7) is 5.79. The fraction of sp³-hybridized carbons (Fsp3) is 0.400. The van der Waals surface area contributed by atoms with Crippen LogP contribution in [0.3, 0.4) is 0 Å². The molecule has 2 rings (SSSR count). The highest BCUT2D eigenvalue weighted by Crippen LogP contribution is 2.10. The van der Waals surface area contributed by atoms with Crippen LogP contribution in [0.5, 0.6) is 0 Å². The zero-order chi connectivity index (χ0) is 16.1. The molecule has 0 atom stereocenters. The van der Waals surface area contributed by atoms with Gasteiger partial charge in [-0.2, -0.15) is 0 Å². The van der Waals surface area contributed by atoms with Gasteiger partial charge in [0.2, 0.25) is 0 Å². The number of benzene rings is 1. The molecule has 0 aliphatic heterocycles. The topological polar surface area (TPSA) is 76.1 Å². The number of hydrogen-bond acceptors (Lipinski definition) is 4. The molecule has 0 spiro atoms. The standard InChI is InChI=1S/C15H19N3O3S/c1-3-18-14(20)11-6-5-10(9-12(11)17-15(18)22)13(19)16-7-8-21-4-2/h5-6,9H,3-4,7-8H2,1-2H3,(H,16,19)(H,17,22). The van der Waals surface area contributed by atoms with Crippen LogP contribution in [-0.4, -0.2) is 35.2 Å². The van der Waals surface area contributed by atoms with Gasteiger partial charge in [-0.05, 0) is 44.3 Å². The second-order valence-electron chi connectivity index (χ2n) is 4.69. The molecule has 0 bridgehead atoms. The first-order valence-electron chi connectivity index (χ1n) is 7.21. The second kappa shape index (κ2) is 7.33. The average Bonchev–Trinajstić information content (AvgIpc) is 2.51. The van der Waals surface area contributed by atoms with Crippen molar-refractivity contribution in [3.63, 3.8) is 0 Å². The van der Waals surface area contributed by atoms with E-state index in [1.54, 1.807) is 18.2 Å². The van der Waals surface area contributed by atoms with Gasteiger partial charge in [-0.15, -0.1) is 0 Å². The summed E-state index contributed by atoms with van der Waals surface area (Å²) in [6, 6.07) is 4.92. The highest BCUT2D eigenvalue weighted by Gasteiger charge is 2.09. The van der Waals surface area contributed by atoms with Crippen LogP contribution in [0.1, 0.15) is 24.2 Å². The van der Waals surface area contributed by atoms with Gasteiger partial charge in [0.25, 0.3) is 11.5 Å². The molecule has 2 aromatic rings. The fourth-order valence-corrected chi connectivity index (χ4v) is 2.49. The number of nitrogens with one attached hydrogen (secondary N) is 2. The van der Waals surface area contributed by atoms with Crippen molar-refractivity contribution in [3.8, 4) is 0 Å². The molecule has 1 heterocycles. The molecule has 2 N–H and O–H groups in total. The maximum Gasteiger partial charge on any atom is 0.262 e. The largest absolute Gasteiger partial charge is 0.380 e. The first kappa shape index (κ1) is 16.4. The zero-order valence-corrected chi connectivity index (χ0v) is 13.5. The summed E-state index contributed by atoms with van der Waals surface area (Å²) in [5.41, 5.74) is 0.894. The van der Waals surface area contributed by atoms with E-state index in [-0.39, 0.29) is 11.5 Å². The number of rotatable bonds is 6. The highest BCUT2D eigenvalue weighted by molar-refractivity contribution is 7.71. The first-order valence-corrected chi connectivity index (χ1v) is 7.62. The van der Waals surface area contributed by atoms with Crippen LogP contribution >= 0.6 is 12.2 Å². The van der Waals surface area contributed by atoms with Gasteiger partial charge in [0.1, 0.15) is 0 Å². The molecule has 7 heteroatoms. The monoisotopic (exact) mass is 321 g/mol. The molecular weight excluding hydrogens is 302 g/mol. The summed E-state index contributed by atoms with van der Waals surface area (Å²) in [7, 11) is 0. The van der Waals surface area contributed by atoms with Gasteiger partial charge in [-0.25, -0.2) is 0 Å². The van der Waals surface area contributed by atoms with Crippen molar-refractivity contribution in [1.29, 1.82) is 0 Å². The lowest BCUT2D eigenvalue weighted by Gasteiger charge is -2.08. The number of aromatic nitrogens is 2. The quantitative estimate of drug-likeness (QED) is 0.629. The van der Waals surface area contributed by atoms with Crippen molar-refractivity contribution in [2.45, 2.75) is 20.4 Å². The fourth-order valence-electron chi connectivity index (χ4n) is 2.17. The molecule has 0 fully saturated rings. The number of amides is 1. The average molecular weight is 321 g/mol. The molecule has 0 saturated carbocycles. The third-order valence-electron chi connectivity index (χ3n) is 3.30. The van der Waals surface area contributed by atoms with E-state index in [4.69, 9.17) is 17.0 Å². The van der Waals surface area contributed by atoms with Gasteiger partial charge < -0.3 is 15.0 Å². The Morgan fingerprint density at radius 2 is 2.18 bits per heavy atom. The van der Waals surface area contributed by atoms with Crippen molar-refractivity contribution in [3.05, 3.63) is 38.9 Å². The van der Waals surface area contributed by atoms with Crippen molar-refractivity contribution >= 4 is 29.0 Å². The molecule has 118 valence electrons. The van der Waals surface area contributed by atoms with Crippen LogP contribution in [0, 0.1) is 4.77 Å². The molecule has 6 nitrogen and oxygen atoms in total. The molecule has 0 unspecified atom stereocenters. The van der Waals surface area contributed by atoms with Gasteiger partial charge in [0, 0.05) is 25.3 Å². The van der Waals surface area contributed by atoms with E-state index in [1.807, 2.05) is 13.8 Å². The molecule has 0 aliphatic carbocycles. The maximum absolute atomic E-state index is 12.3. The Kier molecular flexibility index (Phi) is 5.46. The third kappa shape index (κ3) is 3.42. The summed E-state index contributed by atoms with van der Waals surface area (Å²) in [5, 5.41) is 3.28. The Bertz CT molecular complexity index is 795. The van der Waals surface area contributed by atoms with Crippen LogP contribution in [-0.2, 0) is 11.3 Å². The normalized spacial score (nSPS) is 10.8. The summed E-state index contributed by atoms with van der Waals surface area (Å²) in [4.78, 5) is 27.3. The van der Waals surface area contributed by atoms with Gasteiger partial charge in [-0.1, -0.05) is 0 Å². The van der Waals surface area contributed by atoms with Crippen LogP contribution in [0.4, 0.5) is 0 Å². The number of H-pyrrole nitrogens is 1. The van der Waals surface area contributed by atoms with Crippen molar-refractivity contribution < 1.29 is 9.53 Å². The van der Waals surface area contributed by atoms with Crippen LogP contribution in [0.25, 0.3) is 10.9 Å². The Morgan fingerprint density at radius 1 is 1.41 bits per heavy atom. The Morgan fingerprint density at radius 3 is 2.86 bits per heavy atom. The summed E-state index contributed by atoms with van der Waals surface area (Å²) in [6.07, 6.45) is 0. The van der Waals surface area contributed by atoms with E-state index in [1.165, 1.54) is 4.57 Å². The van der Waals surface area contributed by atoms with Crippen LogP contribution in [0.2, 0.25) is 0 Å². The minimum atomic E-state index is -0.208. The lowest BCUT2D eigenvalue weighted by Crippen LogP contribution is -2.27.